The molecule has 0 bridgehead atoms. The van der Waals surface area contributed by atoms with Gasteiger partial charge < -0.3 is 9.47 Å². The molecule has 0 heterocycles. The number of carbonyl (C=O) groups is 4. The van der Waals surface area contributed by atoms with E-state index in [9.17, 15) is 19.2 Å². The first-order chi connectivity index (χ1) is 19.4. The lowest BCUT2D eigenvalue weighted by Crippen LogP contribution is -2.59. The average Bonchev–Trinajstić information content (AvgIpc) is 3.01. The molecule has 0 atom stereocenters. The molecule has 0 unspecified atom stereocenters. The van der Waals surface area contributed by atoms with Crippen LogP contribution in [0.2, 0.25) is 0 Å². The van der Waals surface area contributed by atoms with Gasteiger partial charge in [-0.2, -0.15) is 0 Å². The van der Waals surface area contributed by atoms with Gasteiger partial charge in [-0.25, -0.2) is 0 Å². The summed E-state index contributed by atoms with van der Waals surface area (Å²) in [5.74, 6) is -4.28. The number of ketones is 4. The number of benzene rings is 4. The number of Topliss-reactive ketones (excluding diaryl/α,β-unsaturated/α-hetero) is 4. The van der Waals surface area contributed by atoms with Gasteiger partial charge in [0.25, 0.3) is 0 Å². The Labute approximate surface area is 232 Å². The standard InChI is InChI=1S/C34H28O6/c1-39-25-17-13-23(14-18-25)33(37)29-27(31(35)21-9-5-3-6-10-21)30(28(29)32(36)22-11-7-4-8-12-22)34(38)24-15-19-26(40-2)20-16-24/h3-20,27-30H,1-2H3. The van der Waals surface area contributed by atoms with E-state index >= 15 is 0 Å². The van der Waals surface area contributed by atoms with E-state index in [1.807, 2.05) is 0 Å². The fourth-order valence-corrected chi connectivity index (χ4v) is 5.54. The normalized spacial score (nSPS) is 19.6. The number of carbonyl (C=O) groups excluding carboxylic acids is 4. The summed E-state index contributed by atoms with van der Waals surface area (Å²) in [4.78, 5) is 56.0. The molecule has 6 nitrogen and oxygen atoms in total. The van der Waals surface area contributed by atoms with Crippen molar-refractivity contribution in [2.24, 2.45) is 23.7 Å². The molecule has 1 aliphatic rings. The summed E-state index contributed by atoms with van der Waals surface area (Å²) in [5.41, 5.74) is 1.46. The molecule has 0 spiro atoms. The number of rotatable bonds is 10. The molecule has 0 N–H and O–H groups in total. The molecule has 40 heavy (non-hydrogen) atoms. The highest BCUT2D eigenvalue weighted by Crippen LogP contribution is 2.52. The van der Waals surface area contributed by atoms with Crippen LogP contribution in [0.25, 0.3) is 0 Å². The van der Waals surface area contributed by atoms with Gasteiger partial charge in [0.1, 0.15) is 11.5 Å². The number of hydrogen-bond donors (Lipinski definition) is 0. The lowest BCUT2D eigenvalue weighted by atomic mass is 9.49. The fourth-order valence-electron chi connectivity index (χ4n) is 5.54. The van der Waals surface area contributed by atoms with E-state index in [2.05, 4.69) is 0 Å². The quantitative estimate of drug-likeness (QED) is 0.232. The van der Waals surface area contributed by atoms with Crippen molar-refractivity contribution in [2.45, 2.75) is 0 Å². The third-order valence-electron chi connectivity index (χ3n) is 7.62. The molecule has 0 aliphatic heterocycles. The van der Waals surface area contributed by atoms with Crippen LogP contribution in [-0.2, 0) is 0 Å². The van der Waals surface area contributed by atoms with Crippen molar-refractivity contribution in [3.63, 3.8) is 0 Å². The summed E-state index contributed by atoms with van der Waals surface area (Å²) in [7, 11) is 3.06. The molecule has 4 aromatic rings. The lowest BCUT2D eigenvalue weighted by Gasteiger charge is -2.48. The van der Waals surface area contributed by atoms with Crippen molar-refractivity contribution in [1.82, 2.24) is 0 Å². The van der Waals surface area contributed by atoms with E-state index in [1.165, 1.54) is 14.2 Å². The summed E-state index contributed by atoms with van der Waals surface area (Å²) < 4.78 is 10.4. The van der Waals surface area contributed by atoms with Gasteiger partial charge in [0.05, 0.1) is 14.2 Å². The van der Waals surface area contributed by atoms with E-state index in [0.29, 0.717) is 33.8 Å². The topological polar surface area (TPSA) is 86.7 Å². The van der Waals surface area contributed by atoms with Gasteiger partial charge in [-0.1, -0.05) is 60.7 Å². The first-order valence-electron chi connectivity index (χ1n) is 13.0. The van der Waals surface area contributed by atoms with Crippen molar-refractivity contribution in [2.75, 3.05) is 14.2 Å². The molecule has 1 saturated carbocycles. The highest BCUT2D eigenvalue weighted by molar-refractivity contribution is 6.16. The predicted molar refractivity (Wildman–Crippen MR) is 150 cm³/mol. The van der Waals surface area contributed by atoms with Gasteiger partial charge in [-0.3, -0.25) is 19.2 Å². The van der Waals surface area contributed by atoms with Crippen LogP contribution in [0.4, 0.5) is 0 Å². The third-order valence-corrected chi connectivity index (χ3v) is 7.62. The van der Waals surface area contributed by atoms with Crippen LogP contribution in [0.3, 0.4) is 0 Å². The molecule has 200 valence electrons. The molecule has 6 heteroatoms. The summed E-state index contributed by atoms with van der Waals surface area (Å²) in [6.45, 7) is 0. The zero-order valence-electron chi connectivity index (χ0n) is 22.2. The maximum Gasteiger partial charge on any atom is 0.167 e. The lowest BCUT2D eigenvalue weighted by molar-refractivity contribution is 0.00710. The van der Waals surface area contributed by atoms with E-state index < -0.39 is 23.7 Å². The molecule has 4 aromatic carbocycles. The Morgan fingerprint density at radius 1 is 0.400 bits per heavy atom. The van der Waals surface area contributed by atoms with Gasteiger partial charge in [-0.05, 0) is 48.5 Å². The van der Waals surface area contributed by atoms with Gasteiger partial charge in [-0.15, -0.1) is 0 Å². The third kappa shape index (κ3) is 4.96. The first kappa shape index (κ1) is 26.8. The molecular formula is C34H28O6. The monoisotopic (exact) mass is 532 g/mol. The number of ether oxygens (including phenoxy) is 2. The van der Waals surface area contributed by atoms with Crippen LogP contribution in [-0.4, -0.2) is 37.4 Å². The number of hydrogen-bond acceptors (Lipinski definition) is 6. The molecule has 0 radical (unpaired) electrons. The highest BCUT2D eigenvalue weighted by Gasteiger charge is 2.62. The predicted octanol–water partition coefficient (Wildman–Crippen LogP) is 6.01. The summed E-state index contributed by atoms with van der Waals surface area (Å²) in [6.07, 6.45) is 0. The second-order valence-electron chi connectivity index (χ2n) is 9.75. The van der Waals surface area contributed by atoms with Gasteiger partial charge in [0, 0.05) is 45.9 Å². The minimum Gasteiger partial charge on any atom is -0.497 e. The first-order valence-corrected chi connectivity index (χ1v) is 13.0. The summed E-state index contributed by atoms with van der Waals surface area (Å²) in [6, 6.07) is 30.3. The SMILES string of the molecule is COc1ccc(C(=O)C2C(C(=O)c3ccccc3)C(C(=O)c3ccc(OC)cc3)C2C(=O)c2ccccc2)cc1. The van der Waals surface area contributed by atoms with Gasteiger partial charge in [0.2, 0.25) is 0 Å². The molecule has 1 fully saturated rings. The van der Waals surface area contributed by atoms with Crippen molar-refractivity contribution in [1.29, 1.82) is 0 Å². The van der Waals surface area contributed by atoms with E-state index in [4.69, 9.17) is 9.47 Å². The van der Waals surface area contributed by atoms with Crippen molar-refractivity contribution in [3.8, 4) is 11.5 Å². The van der Waals surface area contributed by atoms with Gasteiger partial charge >= 0.3 is 0 Å². The van der Waals surface area contributed by atoms with Crippen LogP contribution < -0.4 is 9.47 Å². The summed E-state index contributed by atoms with van der Waals surface area (Å²) >= 11 is 0. The molecule has 1 aliphatic carbocycles. The Bertz CT molecular complexity index is 1400. The van der Waals surface area contributed by atoms with Crippen molar-refractivity contribution >= 4 is 23.1 Å². The largest absolute Gasteiger partial charge is 0.497 e. The van der Waals surface area contributed by atoms with Crippen LogP contribution in [0.15, 0.2) is 109 Å². The fraction of sp³-hybridized carbons (Fsp3) is 0.176. The minimum absolute atomic E-state index is 0.337. The molecule has 0 saturated heterocycles. The molecule has 0 amide bonds. The Morgan fingerprint density at radius 2 is 0.650 bits per heavy atom. The Kier molecular flexibility index (Phi) is 7.69. The molecule has 0 aromatic heterocycles. The van der Waals surface area contributed by atoms with Crippen LogP contribution in [0.1, 0.15) is 41.4 Å². The minimum atomic E-state index is -1.01. The Hall–Kier alpha value is -4.84. The maximum absolute atomic E-state index is 14.0. The van der Waals surface area contributed by atoms with Crippen LogP contribution in [0.5, 0.6) is 11.5 Å². The smallest absolute Gasteiger partial charge is 0.167 e. The molecule has 5 rings (SSSR count). The maximum atomic E-state index is 14.0. The molecular weight excluding hydrogens is 504 g/mol. The van der Waals surface area contributed by atoms with Gasteiger partial charge in [0.15, 0.2) is 23.1 Å². The second-order valence-corrected chi connectivity index (χ2v) is 9.75. The summed E-state index contributed by atoms with van der Waals surface area (Å²) in [5, 5.41) is 0. The van der Waals surface area contributed by atoms with Crippen LogP contribution in [0, 0.1) is 23.7 Å². The average molecular weight is 533 g/mol. The van der Waals surface area contributed by atoms with E-state index in [0.717, 1.165) is 0 Å². The Morgan fingerprint density at radius 3 is 0.900 bits per heavy atom. The highest BCUT2D eigenvalue weighted by atomic mass is 16.5. The zero-order valence-corrected chi connectivity index (χ0v) is 22.2. The number of methoxy groups -OCH3 is 2. The van der Waals surface area contributed by atoms with Crippen molar-refractivity contribution < 1.29 is 28.7 Å². The van der Waals surface area contributed by atoms with E-state index in [1.54, 1.807) is 109 Å². The Balaban J connectivity index is 1.62. The van der Waals surface area contributed by atoms with E-state index in [-0.39, 0.29) is 23.1 Å². The van der Waals surface area contributed by atoms with Crippen molar-refractivity contribution in [3.05, 3.63) is 131 Å². The second kappa shape index (κ2) is 11.5. The zero-order chi connectivity index (χ0) is 28.2. The van der Waals surface area contributed by atoms with Crippen LogP contribution >= 0.6 is 0 Å².